The van der Waals surface area contributed by atoms with Gasteiger partial charge >= 0.3 is 0 Å². The van der Waals surface area contributed by atoms with Crippen molar-refractivity contribution >= 4 is 0 Å². The predicted octanol–water partition coefficient (Wildman–Crippen LogP) is 1.23. The first kappa shape index (κ1) is 11.3. The molecule has 0 spiro atoms. The average molecular weight is 217 g/mol. The maximum atomic E-state index is 13.8. The van der Waals surface area contributed by atoms with E-state index in [1.165, 1.54) is 0 Å². The van der Waals surface area contributed by atoms with E-state index in [1.807, 2.05) is 0 Å². The van der Waals surface area contributed by atoms with Crippen molar-refractivity contribution in [3.05, 3.63) is 0 Å². The molecule has 0 aliphatic carbocycles. The Balaban J connectivity index is 1.78. The number of hydrogen-bond donors (Lipinski definition) is 0. The minimum Gasteiger partial charge on any atom is -0.376 e. The van der Waals surface area contributed by atoms with Crippen LogP contribution in [-0.2, 0) is 9.47 Å². The van der Waals surface area contributed by atoms with Gasteiger partial charge in [-0.2, -0.15) is 0 Å². The molecule has 2 atom stereocenters. The van der Waals surface area contributed by atoms with Gasteiger partial charge in [0.05, 0.1) is 25.9 Å². The fourth-order valence-corrected chi connectivity index (χ4v) is 2.38. The smallest absolute Gasteiger partial charge is 0.120 e. The van der Waals surface area contributed by atoms with Crippen molar-refractivity contribution in [3.8, 4) is 0 Å². The van der Waals surface area contributed by atoms with Crippen LogP contribution in [0, 0.1) is 0 Å². The fraction of sp³-hybridized carbons (Fsp3) is 1.00. The van der Waals surface area contributed by atoms with Crippen molar-refractivity contribution in [2.24, 2.45) is 0 Å². The molecule has 4 heteroatoms. The van der Waals surface area contributed by atoms with Crippen LogP contribution < -0.4 is 0 Å². The molecule has 2 rings (SSSR count). The van der Waals surface area contributed by atoms with Gasteiger partial charge in [0, 0.05) is 13.1 Å². The maximum absolute atomic E-state index is 13.8. The summed E-state index contributed by atoms with van der Waals surface area (Å²) >= 11 is 0. The van der Waals surface area contributed by atoms with Gasteiger partial charge in [0.15, 0.2) is 0 Å². The van der Waals surface area contributed by atoms with E-state index < -0.39 is 5.67 Å². The molecule has 0 amide bonds. The molecule has 0 aromatic carbocycles. The maximum Gasteiger partial charge on any atom is 0.120 e. The van der Waals surface area contributed by atoms with E-state index in [1.54, 1.807) is 6.92 Å². The van der Waals surface area contributed by atoms with Crippen LogP contribution >= 0.6 is 0 Å². The minimum atomic E-state index is -1.02. The predicted molar refractivity (Wildman–Crippen MR) is 55.7 cm³/mol. The summed E-state index contributed by atoms with van der Waals surface area (Å²) in [6.45, 7) is 6.03. The number of piperidine rings is 1. The lowest BCUT2D eigenvalue weighted by Crippen LogP contribution is -2.48. The van der Waals surface area contributed by atoms with Crippen LogP contribution in [0.5, 0.6) is 0 Å². The Hall–Kier alpha value is -0.190. The molecular weight excluding hydrogens is 197 g/mol. The van der Waals surface area contributed by atoms with Crippen LogP contribution in [0.4, 0.5) is 4.39 Å². The first-order valence-electron chi connectivity index (χ1n) is 5.76. The highest BCUT2D eigenvalue weighted by atomic mass is 19.1. The normalized spacial score (nSPS) is 39.2. The lowest BCUT2D eigenvalue weighted by Gasteiger charge is -2.37. The standard InChI is InChI=1S/C11H20FNO2/c1-11(12)3-2-4-13(9-11)7-10-8-14-5-6-15-10/h10H,2-9H2,1H3/t10-,11+/m0/s1. The zero-order valence-electron chi connectivity index (χ0n) is 9.38. The molecule has 3 nitrogen and oxygen atoms in total. The number of ether oxygens (including phenoxy) is 2. The third-order valence-electron chi connectivity index (χ3n) is 3.07. The molecule has 0 radical (unpaired) electrons. The Morgan fingerprint density at radius 2 is 2.33 bits per heavy atom. The molecule has 2 fully saturated rings. The summed E-state index contributed by atoms with van der Waals surface area (Å²) in [5.74, 6) is 0. The molecule has 0 aromatic heterocycles. The highest BCUT2D eigenvalue weighted by Gasteiger charge is 2.31. The summed E-state index contributed by atoms with van der Waals surface area (Å²) < 4.78 is 24.7. The number of hydrogen-bond acceptors (Lipinski definition) is 3. The largest absolute Gasteiger partial charge is 0.376 e. The topological polar surface area (TPSA) is 21.7 Å². The van der Waals surface area contributed by atoms with E-state index in [9.17, 15) is 4.39 Å². The zero-order valence-corrected chi connectivity index (χ0v) is 9.38. The highest BCUT2D eigenvalue weighted by molar-refractivity contribution is 4.84. The van der Waals surface area contributed by atoms with Gasteiger partial charge in [-0.15, -0.1) is 0 Å². The van der Waals surface area contributed by atoms with E-state index in [0.717, 1.165) is 19.5 Å². The van der Waals surface area contributed by atoms with E-state index in [4.69, 9.17) is 9.47 Å². The van der Waals surface area contributed by atoms with Gasteiger partial charge in [0.1, 0.15) is 5.67 Å². The monoisotopic (exact) mass is 217 g/mol. The summed E-state index contributed by atoms with van der Waals surface area (Å²) in [6, 6.07) is 0. The zero-order chi connectivity index (χ0) is 10.7. The minimum absolute atomic E-state index is 0.132. The Kier molecular flexibility index (Phi) is 3.59. The average Bonchev–Trinajstić information content (AvgIpc) is 2.17. The van der Waals surface area contributed by atoms with Gasteiger partial charge in [-0.05, 0) is 26.3 Å². The van der Waals surface area contributed by atoms with Crippen LogP contribution in [0.15, 0.2) is 0 Å². The van der Waals surface area contributed by atoms with Crippen molar-refractivity contribution in [1.29, 1.82) is 0 Å². The quantitative estimate of drug-likeness (QED) is 0.694. The molecular formula is C11H20FNO2. The van der Waals surface area contributed by atoms with E-state index in [0.29, 0.717) is 32.8 Å². The molecule has 2 saturated heterocycles. The fourth-order valence-electron chi connectivity index (χ4n) is 2.38. The third kappa shape index (κ3) is 3.40. The van der Waals surface area contributed by atoms with Crippen LogP contribution in [0.1, 0.15) is 19.8 Å². The number of halogens is 1. The number of likely N-dealkylation sites (tertiary alicyclic amines) is 1. The van der Waals surface area contributed by atoms with Crippen molar-refractivity contribution in [2.75, 3.05) is 39.5 Å². The SMILES string of the molecule is C[C@@]1(F)CCCN(C[C@H]2COCCO2)C1. The van der Waals surface area contributed by atoms with Crippen molar-refractivity contribution in [1.82, 2.24) is 4.90 Å². The number of nitrogens with zero attached hydrogens (tertiary/aromatic N) is 1. The molecule has 0 aromatic rings. The first-order valence-corrected chi connectivity index (χ1v) is 5.76. The molecule has 2 aliphatic rings. The van der Waals surface area contributed by atoms with E-state index >= 15 is 0 Å². The third-order valence-corrected chi connectivity index (χ3v) is 3.07. The molecule has 88 valence electrons. The molecule has 2 aliphatic heterocycles. The van der Waals surface area contributed by atoms with Gasteiger partial charge < -0.3 is 9.47 Å². The second-order valence-corrected chi connectivity index (χ2v) is 4.82. The summed E-state index contributed by atoms with van der Waals surface area (Å²) in [5, 5.41) is 0. The van der Waals surface area contributed by atoms with E-state index in [-0.39, 0.29) is 6.10 Å². The molecule has 0 saturated carbocycles. The van der Waals surface area contributed by atoms with Gasteiger partial charge in [0.2, 0.25) is 0 Å². The Morgan fingerprint density at radius 1 is 1.47 bits per heavy atom. The van der Waals surface area contributed by atoms with Crippen molar-refractivity contribution < 1.29 is 13.9 Å². The number of rotatable bonds is 2. The Labute approximate surface area is 90.5 Å². The Morgan fingerprint density at radius 3 is 3.00 bits per heavy atom. The summed E-state index contributed by atoms with van der Waals surface area (Å²) in [7, 11) is 0. The summed E-state index contributed by atoms with van der Waals surface area (Å²) in [5.41, 5.74) is -1.02. The molecule has 0 unspecified atom stereocenters. The molecule has 2 heterocycles. The molecule has 0 bridgehead atoms. The lowest BCUT2D eigenvalue weighted by molar-refractivity contribution is -0.103. The second kappa shape index (κ2) is 4.76. The van der Waals surface area contributed by atoms with Crippen LogP contribution in [-0.4, -0.2) is 56.1 Å². The van der Waals surface area contributed by atoms with Crippen LogP contribution in [0.2, 0.25) is 0 Å². The van der Waals surface area contributed by atoms with Gasteiger partial charge in [0.25, 0.3) is 0 Å². The van der Waals surface area contributed by atoms with Gasteiger partial charge in [-0.25, -0.2) is 4.39 Å². The van der Waals surface area contributed by atoms with Crippen molar-refractivity contribution in [2.45, 2.75) is 31.5 Å². The van der Waals surface area contributed by atoms with Crippen molar-refractivity contribution in [3.63, 3.8) is 0 Å². The molecule has 0 N–H and O–H groups in total. The lowest BCUT2D eigenvalue weighted by atomic mass is 9.97. The molecule has 15 heavy (non-hydrogen) atoms. The summed E-state index contributed by atoms with van der Waals surface area (Å²) in [6.07, 6.45) is 1.76. The summed E-state index contributed by atoms with van der Waals surface area (Å²) in [4.78, 5) is 2.16. The highest BCUT2D eigenvalue weighted by Crippen LogP contribution is 2.24. The van der Waals surface area contributed by atoms with E-state index in [2.05, 4.69) is 4.90 Å². The van der Waals surface area contributed by atoms with Crippen LogP contribution in [0.3, 0.4) is 0 Å². The van der Waals surface area contributed by atoms with Gasteiger partial charge in [-0.3, -0.25) is 4.90 Å². The first-order chi connectivity index (χ1) is 7.16. The number of alkyl halides is 1. The van der Waals surface area contributed by atoms with Crippen LogP contribution in [0.25, 0.3) is 0 Å². The van der Waals surface area contributed by atoms with Gasteiger partial charge in [-0.1, -0.05) is 0 Å². The Bertz CT molecular complexity index is 205. The second-order valence-electron chi connectivity index (χ2n) is 4.82.